The minimum absolute atomic E-state index is 0.00950. The average molecular weight is 560 g/mol. The van der Waals surface area contributed by atoms with Crippen molar-refractivity contribution in [2.45, 2.75) is 49.6 Å². The Hall–Kier alpha value is -3.22. The fraction of sp³-hybridized carbons (Fsp3) is 0.423. The molecule has 3 aromatic rings. The maximum Gasteiger partial charge on any atom is 0.325 e. The summed E-state index contributed by atoms with van der Waals surface area (Å²) in [6.07, 6.45) is 4.89. The summed E-state index contributed by atoms with van der Waals surface area (Å²) in [5, 5.41) is 0. The molecule has 1 aromatic heterocycles. The Morgan fingerprint density at radius 3 is 2.39 bits per heavy atom. The first-order chi connectivity index (χ1) is 18.3. The van der Waals surface area contributed by atoms with Crippen LogP contribution < -0.4 is 14.3 Å². The number of fused-ring (bicyclic) bond motifs is 2. The van der Waals surface area contributed by atoms with Crippen LogP contribution in [-0.2, 0) is 26.1 Å². The Balaban J connectivity index is 1.46. The Bertz CT molecular complexity index is 1540. The molecule has 38 heavy (non-hydrogen) atoms. The van der Waals surface area contributed by atoms with Gasteiger partial charge in [-0.1, -0.05) is 30.6 Å². The van der Waals surface area contributed by atoms with E-state index in [1.807, 2.05) is 0 Å². The van der Waals surface area contributed by atoms with E-state index < -0.39 is 21.9 Å². The maximum absolute atomic E-state index is 13.1. The van der Waals surface area contributed by atoms with Crippen molar-refractivity contribution in [3.8, 4) is 11.5 Å². The number of hydrogen-bond acceptors (Lipinski definition) is 8. The Morgan fingerprint density at radius 1 is 1.08 bits per heavy atom. The zero-order valence-electron chi connectivity index (χ0n) is 21.2. The fourth-order valence-corrected chi connectivity index (χ4v) is 7.22. The fourth-order valence-electron chi connectivity index (χ4n) is 4.77. The van der Waals surface area contributed by atoms with Crippen LogP contribution in [0, 0.1) is 0 Å². The Morgan fingerprint density at radius 2 is 1.74 bits per heavy atom. The minimum Gasteiger partial charge on any atom is -0.486 e. The van der Waals surface area contributed by atoms with Gasteiger partial charge >= 0.3 is 5.97 Å². The van der Waals surface area contributed by atoms with Gasteiger partial charge in [0.25, 0.3) is 5.91 Å². The number of rotatable bonds is 6. The normalized spacial score (nSPS) is 16.7. The van der Waals surface area contributed by atoms with Crippen molar-refractivity contribution < 1.29 is 32.2 Å². The smallest absolute Gasteiger partial charge is 0.325 e. The Kier molecular flexibility index (Phi) is 7.55. The first kappa shape index (κ1) is 26.4. The summed E-state index contributed by atoms with van der Waals surface area (Å²) < 4.78 is 46.3. The lowest BCUT2D eigenvalue weighted by atomic mass is 9.96. The highest BCUT2D eigenvalue weighted by molar-refractivity contribution is 7.89. The van der Waals surface area contributed by atoms with E-state index in [1.165, 1.54) is 47.0 Å². The predicted molar refractivity (Wildman–Crippen MR) is 141 cm³/mol. The number of carbonyl (C=O) groups is 2. The molecule has 2 aromatic carbocycles. The molecule has 2 aliphatic rings. The van der Waals surface area contributed by atoms with Gasteiger partial charge in [0, 0.05) is 30.8 Å². The van der Waals surface area contributed by atoms with Crippen molar-refractivity contribution in [3.05, 3.63) is 46.8 Å². The van der Waals surface area contributed by atoms with E-state index in [1.54, 1.807) is 23.7 Å². The maximum atomic E-state index is 13.1. The third-order valence-corrected chi connectivity index (χ3v) is 9.89. The number of nitrogens with zero attached hydrogens (tertiary/aromatic N) is 3. The molecule has 0 radical (unpaired) electrons. The summed E-state index contributed by atoms with van der Waals surface area (Å²) in [6, 6.07) is 9.35. The van der Waals surface area contributed by atoms with Gasteiger partial charge in [0.2, 0.25) is 10.0 Å². The van der Waals surface area contributed by atoms with Crippen molar-refractivity contribution in [2.24, 2.45) is 4.99 Å². The highest BCUT2D eigenvalue weighted by Gasteiger charge is 2.29. The molecule has 1 saturated carbocycles. The first-order valence-corrected chi connectivity index (χ1v) is 14.7. The van der Waals surface area contributed by atoms with Crippen LogP contribution in [0.25, 0.3) is 10.2 Å². The molecule has 1 fully saturated rings. The van der Waals surface area contributed by atoms with Crippen LogP contribution >= 0.6 is 11.3 Å². The first-order valence-electron chi connectivity index (χ1n) is 12.4. The molecule has 0 unspecified atom stereocenters. The number of hydrogen-bond donors (Lipinski definition) is 0. The molecule has 1 aliphatic heterocycles. The molecule has 0 saturated heterocycles. The third kappa shape index (κ3) is 5.20. The molecule has 0 N–H and O–H groups in total. The summed E-state index contributed by atoms with van der Waals surface area (Å²) in [6.45, 7) is 0.703. The predicted octanol–water partition coefficient (Wildman–Crippen LogP) is 3.34. The van der Waals surface area contributed by atoms with Crippen molar-refractivity contribution in [3.63, 3.8) is 0 Å². The van der Waals surface area contributed by atoms with Gasteiger partial charge in [0.1, 0.15) is 19.8 Å². The highest BCUT2D eigenvalue weighted by atomic mass is 32.2. The molecule has 0 bridgehead atoms. The van der Waals surface area contributed by atoms with Crippen LogP contribution in [0.4, 0.5) is 0 Å². The lowest BCUT2D eigenvalue weighted by Crippen LogP contribution is -2.38. The van der Waals surface area contributed by atoms with Crippen molar-refractivity contribution in [2.75, 3.05) is 27.4 Å². The minimum atomic E-state index is -3.67. The van der Waals surface area contributed by atoms with Crippen LogP contribution in [0.5, 0.6) is 11.5 Å². The standard InChI is InChI=1S/C26H29N3O7S2/c1-28(18-6-4-3-5-7-18)38(32,33)19-10-8-17(9-11-19)25(31)27-26-29(16-24(30)34-2)20-14-21-22(15-23(20)37-26)36-13-12-35-21/h8-11,14-15,18H,3-7,12-13,16H2,1-2H3. The molecular weight excluding hydrogens is 530 g/mol. The topological polar surface area (TPSA) is 117 Å². The van der Waals surface area contributed by atoms with E-state index >= 15 is 0 Å². The summed E-state index contributed by atoms with van der Waals surface area (Å²) in [5.41, 5.74) is 0.890. The van der Waals surface area contributed by atoms with Gasteiger partial charge in [-0.25, -0.2) is 8.42 Å². The molecule has 5 rings (SSSR count). The quantitative estimate of drug-likeness (QED) is 0.425. The number of ether oxygens (including phenoxy) is 3. The summed E-state index contributed by atoms with van der Waals surface area (Å²) in [5.74, 6) is 0.0817. The van der Waals surface area contributed by atoms with Crippen LogP contribution in [0.1, 0.15) is 42.5 Å². The number of thiazole rings is 1. The van der Waals surface area contributed by atoms with Crippen LogP contribution in [0.2, 0.25) is 0 Å². The second-order valence-electron chi connectivity index (χ2n) is 9.26. The second-order valence-corrected chi connectivity index (χ2v) is 12.3. The number of esters is 1. The van der Waals surface area contributed by atoms with E-state index in [4.69, 9.17) is 14.2 Å². The summed E-state index contributed by atoms with van der Waals surface area (Å²) in [7, 11) is -0.763. The number of benzene rings is 2. The summed E-state index contributed by atoms with van der Waals surface area (Å²) in [4.78, 5) is 29.9. The number of amides is 1. The molecule has 1 amide bonds. The average Bonchev–Trinajstić information content (AvgIpc) is 3.26. The van der Waals surface area contributed by atoms with Gasteiger partial charge in [-0.05, 0) is 37.1 Å². The third-order valence-electron chi connectivity index (χ3n) is 6.93. The molecule has 1 aliphatic carbocycles. The van der Waals surface area contributed by atoms with Crippen LogP contribution in [0.3, 0.4) is 0 Å². The van der Waals surface area contributed by atoms with Gasteiger partial charge in [0.05, 0.1) is 22.2 Å². The van der Waals surface area contributed by atoms with Crippen LogP contribution in [-0.4, -0.2) is 62.6 Å². The largest absolute Gasteiger partial charge is 0.486 e. The SMILES string of the molecule is COC(=O)Cn1c(=NC(=O)c2ccc(S(=O)(=O)N(C)C3CCCCC3)cc2)sc2cc3c(cc21)OCCO3. The number of sulfonamides is 1. The zero-order chi connectivity index (χ0) is 26.9. The van der Waals surface area contributed by atoms with E-state index in [2.05, 4.69) is 4.99 Å². The molecule has 0 atom stereocenters. The van der Waals surface area contributed by atoms with Crippen molar-refractivity contribution in [1.29, 1.82) is 0 Å². The van der Waals surface area contributed by atoms with Crippen molar-refractivity contribution in [1.82, 2.24) is 8.87 Å². The van der Waals surface area contributed by atoms with Gasteiger partial charge in [-0.15, -0.1) is 0 Å². The molecule has 2 heterocycles. The van der Waals surface area contributed by atoms with E-state index in [9.17, 15) is 18.0 Å². The lowest BCUT2D eigenvalue weighted by molar-refractivity contribution is -0.141. The molecule has 0 spiro atoms. The van der Waals surface area contributed by atoms with Gasteiger partial charge < -0.3 is 18.8 Å². The number of aromatic nitrogens is 1. The second kappa shape index (κ2) is 10.9. The van der Waals surface area contributed by atoms with Gasteiger partial charge in [0.15, 0.2) is 16.3 Å². The van der Waals surface area contributed by atoms with Gasteiger partial charge in [-0.2, -0.15) is 9.30 Å². The molecule has 10 nitrogen and oxygen atoms in total. The molecule has 12 heteroatoms. The number of methoxy groups -OCH3 is 1. The monoisotopic (exact) mass is 559 g/mol. The molecule has 202 valence electrons. The van der Waals surface area contributed by atoms with Gasteiger partial charge in [-0.3, -0.25) is 9.59 Å². The van der Waals surface area contributed by atoms with Crippen molar-refractivity contribution >= 4 is 43.5 Å². The summed E-state index contributed by atoms with van der Waals surface area (Å²) >= 11 is 1.23. The van der Waals surface area contributed by atoms with Crippen LogP contribution in [0.15, 0.2) is 46.3 Å². The molecular formula is C26H29N3O7S2. The lowest BCUT2D eigenvalue weighted by Gasteiger charge is -2.30. The Labute approximate surface area is 224 Å². The number of carbonyl (C=O) groups excluding carboxylic acids is 2. The van der Waals surface area contributed by atoms with E-state index in [0.717, 1.165) is 36.8 Å². The highest BCUT2D eigenvalue weighted by Crippen LogP contribution is 2.35. The zero-order valence-corrected chi connectivity index (χ0v) is 22.8. The van der Waals surface area contributed by atoms with E-state index in [0.29, 0.717) is 35.0 Å². The van der Waals surface area contributed by atoms with E-state index in [-0.39, 0.29) is 23.0 Å².